The van der Waals surface area contributed by atoms with Gasteiger partial charge in [-0.15, -0.1) is 0 Å². The zero-order chi connectivity index (χ0) is 19.5. The Morgan fingerprint density at radius 1 is 1.15 bits per heavy atom. The molecule has 7 heteroatoms. The van der Waals surface area contributed by atoms with Crippen LogP contribution in [0.25, 0.3) is 0 Å². The molecule has 0 heterocycles. The highest BCUT2D eigenvalue weighted by Crippen LogP contribution is 2.17. The summed E-state index contributed by atoms with van der Waals surface area (Å²) < 4.78 is 18.6. The van der Waals surface area contributed by atoms with E-state index in [0.717, 1.165) is 12.1 Å². The first kappa shape index (κ1) is 20.2. The molecule has 0 spiro atoms. The van der Waals surface area contributed by atoms with E-state index in [0.29, 0.717) is 37.1 Å². The van der Waals surface area contributed by atoms with Crippen molar-refractivity contribution < 1.29 is 13.9 Å². The van der Waals surface area contributed by atoms with Gasteiger partial charge in [-0.3, -0.25) is 4.79 Å². The normalized spacial score (nSPS) is 11.0. The van der Waals surface area contributed by atoms with E-state index in [-0.39, 0.29) is 11.7 Å². The molecule has 2 rings (SSSR count). The average molecular weight is 372 g/mol. The Balaban J connectivity index is 1.81. The number of aliphatic imine (C=N–C) groups is 1. The summed E-state index contributed by atoms with van der Waals surface area (Å²) in [4.78, 5) is 15.6. The fourth-order valence-corrected chi connectivity index (χ4v) is 2.31. The second-order valence-electron chi connectivity index (χ2n) is 5.81. The van der Waals surface area contributed by atoms with E-state index in [1.54, 1.807) is 24.3 Å². The van der Waals surface area contributed by atoms with Crippen LogP contribution in [0.5, 0.6) is 5.75 Å². The lowest BCUT2D eigenvalue weighted by molar-refractivity contribution is -0.114. The molecule has 2 aromatic carbocycles. The monoisotopic (exact) mass is 372 g/mol. The fraction of sp³-hybridized carbons (Fsp3) is 0.300. The topological polar surface area (TPSA) is 74.8 Å². The van der Waals surface area contributed by atoms with Crippen LogP contribution in [-0.4, -0.2) is 31.6 Å². The number of hydrogen-bond donors (Lipinski definition) is 3. The zero-order valence-electron chi connectivity index (χ0n) is 15.6. The molecule has 0 radical (unpaired) electrons. The molecular formula is C20H25FN4O2. The molecule has 2 aromatic rings. The predicted octanol–water partition coefficient (Wildman–Crippen LogP) is 2.92. The standard InChI is InChI=1S/C20H25FN4O2/c1-3-22-20(24-14-16-7-9-17(21)10-8-16)23-11-12-27-19-6-4-5-18(13-19)25-15(2)26/h4-10,13H,3,11-12,14H2,1-2H3,(H,25,26)(H2,22,23,24). The average Bonchev–Trinajstić information content (AvgIpc) is 2.64. The number of anilines is 1. The number of ether oxygens (including phenoxy) is 1. The van der Waals surface area contributed by atoms with Crippen LogP contribution in [0.15, 0.2) is 53.5 Å². The largest absolute Gasteiger partial charge is 0.492 e. The van der Waals surface area contributed by atoms with Crippen molar-refractivity contribution in [1.29, 1.82) is 0 Å². The first-order chi connectivity index (χ1) is 13.1. The highest BCUT2D eigenvalue weighted by molar-refractivity contribution is 5.88. The van der Waals surface area contributed by atoms with Crippen LogP contribution in [-0.2, 0) is 11.3 Å². The number of nitrogens with zero attached hydrogens (tertiary/aromatic N) is 1. The number of benzene rings is 2. The highest BCUT2D eigenvalue weighted by atomic mass is 19.1. The molecule has 0 aliphatic heterocycles. The van der Waals surface area contributed by atoms with Gasteiger partial charge in [-0.25, -0.2) is 9.38 Å². The smallest absolute Gasteiger partial charge is 0.221 e. The van der Waals surface area contributed by atoms with Crippen molar-refractivity contribution in [2.75, 3.05) is 25.0 Å². The second kappa shape index (κ2) is 10.8. The summed E-state index contributed by atoms with van der Waals surface area (Å²) in [5.41, 5.74) is 1.63. The Labute approximate surface area is 158 Å². The fourth-order valence-electron chi connectivity index (χ4n) is 2.31. The van der Waals surface area contributed by atoms with Crippen molar-refractivity contribution >= 4 is 17.6 Å². The Hall–Kier alpha value is -3.09. The van der Waals surface area contributed by atoms with Crippen LogP contribution in [0.1, 0.15) is 19.4 Å². The zero-order valence-corrected chi connectivity index (χ0v) is 15.6. The summed E-state index contributed by atoms with van der Waals surface area (Å²) in [6, 6.07) is 13.5. The minimum absolute atomic E-state index is 0.124. The van der Waals surface area contributed by atoms with Gasteiger partial charge >= 0.3 is 0 Å². The van der Waals surface area contributed by atoms with Gasteiger partial charge < -0.3 is 20.7 Å². The van der Waals surface area contributed by atoms with Gasteiger partial charge in [0.05, 0.1) is 13.1 Å². The van der Waals surface area contributed by atoms with Crippen LogP contribution < -0.4 is 20.7 Å². The van der Waals surface area contributed by atoms with Crippen molar-refractivity contribution in [3.8, 4) is 5.75 Å². The lowest BCUT2D eigenvalue weighted by Crippen LogP contribution is -2.39. The first-order valence-electron chi connectivity index (χ1n) is 8.84. The number of halogens is 1. The highest BCUT2D eigenvalue weighted by Gasteiger charge is 2.01. The third-order valence-corrected chi connectivity index (χ3v) is 3.49. The van der Waals surface area contributed by atoms with E-state index in [4.69, 9.17) is 4.74 Å². The van der Waals surface area contributed by atoms with Gasteiger partial charge in [0.2, 0.25) is 5.91 Å². The third kappa shape index (κ3) is 7.77. The Morgan fingerprint density at radius 2 is 1.93 bits per heavy atom. The molecule has 0 saturated heterocycles. The minimum Gasteiger partial charge on any atom is -0.492 e. The number of carbonyl (C=O) groups excluding carboxylic acids is 1. The molecule has 0 aliphatic rings. The molecule has 6 nitrogen and oxygen atoms in total. The van der Waals surface area contributed by atoms with Crippen LogP contribution in [0.4, 0.5) is 10.1 Å². The number of hydrogen-bond acceptors (Lipinski definition) is 3. The molecule has 0 atom stereocenters. The number of amides is 1. The summed E-state index contributed by atoms with van der Waals surface area (Å²) in [6.45, 7) is 5.62. The number of rotatable bonds is 8. The summed E-state index contributed by atoms with van der Waals surface area (Å²) in [5, 5.41) is 9.06. The van der Waals surface area contributed by atoms with Gasteiger partial charge in [-0.05, 0) is 36.8 Å². The molecule has 3 N–H and O–H groups in total. The lowest BCUT2D eigenvalue weighted by Gasteiger charge is -2.12. The molecule has 144 valence electrons. The van der Waals surface area contributed by atoms with Gasteiger partial charge in [-0.1, -0.05) is 18.2 Å². The molecule has 27 heavy (non-hydrogen) atoms. The van der Waals surface area contributed by atoms with E-state index in [1.165, 1.54) is 19.1 Å². The van der Waals surface area contributed by atoms with E-state index in [2.05, 4.69) is 20.9 Å². The Morgan fingerprint density at radius 3 is 2.63 bits per heavy atom. The van der Waals surface area contributed by atoms with Crippen LogP contribution in [0, 0.1) is 5.82 Å². The lowest BCUT2D eigenvalue weighted by atomic mass is 10.2. The van der Waals surface area contributed by atoms with Gasteiger partial charge in [0.1, 0.15) is 18.2 Å². The summed E-state index contributed by atoms with van der Waals surface area (Å²) in [5.74, 6) is 0.961. The van der Waals surface area contributed by atoms with Gasteiger partial charge in [0.25, 0.3) is 0 Å². The Bertz CT molecular complexity index is 763. The van der Waals surface area contributed by atoms with Crippen molar-refractivity contribution in [2.45, 2.75) is 20.4 Å². The molecule has 0 saturated carbocycles. The van der Waals surface area contributed by atoms with E-state index >= 15 is 0 Å². The van der Waals surface area contributed by atoms with E-state index < -0.39 is 0 Å². The number of nitrogens with one attached hydrogen (secondary N) is 3. The van der Waals surface area contributed by atoms with Gasteiger partial charge in [0.15, 0.2) is 5.96 Å². The predicted molar refractivity (Wildman–Crippen MR) is 105 cm³/mol. The first-order valence-corrected chi connectivity index (χ1v) is 8.84. The summed E-state index contributed by atoms with van der Waals surface area (Å²) in [7, 11) is 0. The second-order valence-corrected chi connectivity index (χ2v) is 5.81. The van der Waals surface area contributed by atoms with Crippen LogP contribution in [0.2, 0.25) is 0 Å². The molecule has 0 bridgehead atoms. The number of carbonyl (C=O) groups is 1. The Kier molecular flexibility index (Phi) is 8.09. The van der Waals surface area contributed by atoms with Gasteiger partial charge in [-0.2, -0.15) is 0 Å². The van der Waals surface area contributed by atoms with Crippen LogP contribution >= 0.6 is 0 Å². The van der Waals surface area contributed by atoms with Crippen molar-refractivity contribution in [3.63, 3.8) is 0 Å². The van der Waals surface area contributed by atoms with Crippen molar-refractivity contribution in [3.05, 3.63) is 59.9 Å². The molecule has 0 aromatic heterocycles. The minimum atomic E-state index is -0.257. The molecule has 0 aliphatic carbocycles. The molecule has 0 unspecified atom stereocenters. The quantitative estimate of drug-likeness (QED) is 0.378. The van der Waals surface area contributed by atoms with Gasteiger partial charge in [0, 0.05) is 25.2 Å². The van der Waals surface area contributed by atoms with E-state index in [1.807, 2.05) is 19.1 Å². The van der Waals surface area contributed by atoms with Crippen LogP contribution in [0.3, 0.4) is 0 Å². The van der Waals surface area contributed by atoms with Crippen molar-refractivity contribution in [1.82, 2.24) is 10.6 Å². The third-order valence-electron chi connectivity index (χ3n) is 3.49. The molecule has 1 amide bonds. The maximum Gasteiger partial charge on any atom is 0.221 e. The summed E-state index contributed by atoms with van der Waals surface area (Å²) in [6.07, 6.45) is 0. The molecule has 0 fully saturated rings. The number of guanidine groups is 1. The summed E-state index contributed by atoms with van der Waals surface area (Å²) >= 11 is 0. The SMILES string of the molecule is CCNC(=NCc1ccc(F)cc1)NCCOc1cccc(NC(C)=O)c1. The maximum absolute atomic E-state index is 12.9. The maximum atomic E-state index is 12.9. The van der Waals surface area contributed by atoms with Crippen molar-refractivity contribution in [2.24, 2.45) is 4.99 Å². The molecular weight excluding hydrogens is 347 g/mol. The van der Waals surface area contributed by atoms with E-state index in [9.17, 15) is 9.18 Å².